The summed E-state index contributed by atoms with van der Waals surface area (Å²) >= 11 is 0. The van der Waals surface area contributed by atoms with Crippen molar-refractivity contribution in [1.29, 1.82) is 0 Å². The predicted octanol–water partition coefficient (Wildman–Crippen LogP) is 6.21. The number of benzene rings is 1. The summed E-state index contributed by atoms with van der Waals surface area (Å²) in [6.07, 6.45) is 9.53. The quantitative estimate of drug-likeness (QED) is 0.477. The number of nitrogens with one attached hydrogen (secondary N) is 1. The average molecular weight is 290 g/mol. The van der Waals surface area contributed by atoms with E-state index in [1.54, 1.807) is 0 Å². The molecule has 1 aromatic carbocycles. The molecule has 0 amide bonds. The van der Waals surface area contributed by atoms with Crippen molar-refractivity contribution in [3.8, 4) is 0 Å². The van der Waals surface area contributed by atoms with Crippen molar-refractivity contribution in [2.75, 3.05) is 6.54 Å². The van der Waals surface area contributed by atoms with Crippen LogP contribution in [-0.4, -0.2) is 6.54 Å². The Kier molecular flexibility index (Phi) is 9.41. The first kappa shape index (κ1) is 18.2. The zero-order valence-electron chi connectivity index (χ0n) is 14.6. The summed E-state index contributed by atoms with van der Waals surface area (Å²) in [5.41, 5.74) is 2.89. The maximum atomic E-state index is 3.65. The van der Waals surface area contributed by atoms with Crippen LogP contribution < -0.4 is 5.32 Å². The van der Waals surface area contributed by atoms with Crippen LogP contribution in [0.2, 0.25) is 0 Å². The van der Waals surface area contributed by atoms with Gasteiger partial charge in [-0.3, -0.25) is 0 Å². The zero-order valence-corrected chi connectivity index (χ0v) is 14.6. The molecule has 1 atom stereocenters. The van der Waals surface area contributed by atoms with Crippen LogP contribution in [0.15, 0.2) is 24.3 Å². The van der Waals surface area contributed by atoms with E-state index in [1.165, 1.54) is 56.1 Å². The molecule has 1 N–H and O–H groups in total. The first-order valence-corrected chi connectivity index (χ1v) is 9.02. The molecule has 1 heteroatoms. The summed E-state index contributed by atoms with van der Waals surface area (Å²) in [7, 11) is 0. The van der Waals surface area contributed by atoms with Gasteiger partial charge in [0.15, 0.2) is 0 Å². The lowest BCUT2D eigenvalue weighted by Gasteiger charge is -2.19. The fourth-order valence-corrected chi connectivity index (χ4v) is 2.87. The highest BCUT2D eigenvalue weighted by Crippen LogP contribution is 2.23. The van der Waals surface area contributed by atoms with E-state index < -0.39 is 0 Å². The van der Waals surface area contributed by atoms with Crippen LogP contribution in [0.3, 0.4) is 0 Å². The highest BCUT2D eigenvalue weighted by atomic mass is 14.9. The minimum Gasteiger partial charge on any atom is -0.310 e. The lowest BCUT2D eigenvalue weighted by molar-refractivity contribution is 0.477. The molecule has 0 fully saturated rings. The summed E-state index contributed by atoms with van der Waals surface area (Å²) < 4.78 is 0. The van der Waals surface area contributed by atoms with Gasteiger partial charge in [-0.05, 0) is 30.0 Å². The summed E-state index contributed by atoms with van der Waals surface area (Å²) in [5.74, 6) is 0.621. The summed E-state index contributed by atoms with van der Waals surface area (Å²) in [6.45, 7) is 10.0. The molecule has 0 saturated carbocycles. The van der Waals surface area contributed by atoms with Gasteiger partial charge in [0.2, 0.25) is 0 Å². The molecule has 21 heavy (non-hydrogen) atoms. The van der Waals surface area contributed by atoms with Gasteiger partial charge in [0.25, 0.3) is 0 Å². The van der Waals surface area contributed by atoms with Crippen molar-refractivity contribution in [2.24, 2.45) is 0 Å². The molecule has 0 spiro atoms. The van der Waals surface area contributed by atoms with Crippen LogP contribution in [0, 0.1) is 0 Å². The Morgan fingerprint density at radius 3 is 1.95 bits per heavy atom. The topological polar surface area (TPSA) is 12.0 Å². The number of hydrogen-bond acceptors (Lipinski definition) is 1. The van der Waals surface area contributed by atoms with Crippen LogP contribution in [0.25, 0.3) is 0 Å². The molecule has 0 radical (unpaired) electrons. The summed E-state index contributed by atoms with van der Waals surface area (Å²) in [6, 6.07) is 9.76. The second-order valence-electron chi connectivity index (χ2n) is 6.49. The Morgan fingerprint density at radius 2 is 1.38 bits per heavy atom. The molecule has 0 bridgehead atoms. The van der Waals surface area contributed by atoms with Crippen LogP contribution in [0.5, 0.6) is 0 Å². The molecule has 0 aliphatic rings. The molecule has 1 unspecified atom stereocenters. The molecule has 0 saturated heterocycles. The summed E-state index contributed by atoms with van der Waals surface area (Å²) in [4.78, 5) is 0. The SMILES string of the molecule is CCCCCCCCC(NCC)c1ccc(C(C)C)cc1. The zero-order chi connectivity index (χ0) is 15.5. The third-order valence-corrected chi connectivity index (χ3v) is 4.30. The molecule has 0 aliphatic heterocycles. The maximum absolute atomic E-state index is 3.65. The van der Waals surface area contributed by atoms with E-state index in [0.29, 0.717) is 12.0 Å². The van der Waals surface area contributed by atoms with Gasteiger partial charge in [-0.15, -0.1) is 0 Å². The van der Waals surface area contributed by atoms with E-state index in [0.717, 1.165) is 6.54 Å². The van der Waals surface area contributed by atoms with Crippen molar-refractivity contribution in [3.63, 3.8) is 0 Å². The van der Waals surface area contributed by atoms with Gasteiger partial charge in [-0.1, -0.05) is 90.5 Å². The second-order valence-corrected chi connectivity index (χ2v) is 6.49. The first-order valence-electron chi connectivity index (χ1n) is 9.02. The third kappa shape index (κ3) is 7.13. The van der Waals surface area contributed by atoms with Crippen LogP contribution in [0.1, 0.15) is 95.7 Å². The molecule has 1 nitrogen and oxygen atoms in total. The fraction of sp³-hybridized carbons (Fsp3) is 0.700. The predicted molar refractivity (Wildman–Crippen MR) is 94.9 cm³/mol. The Morgan fingerprint density at radius 1 is 0.810 bits per heavy atom. The van der Waals surface area contributed by atoms with Gasteiger partial charge in [-0.2, -0.15) is 0 Å². The van der Waals surface area contributed by atoms with Crippen molar-refractivity contribution in [3.05, 3.63) is 35.4 Å². The molecule has 120 valence electrons. The van der Waals surface area contributed by atoms with Crippen LogP contribution in [0.4, 0.5) is 0 Å². The highest BCUT2D eigenvalue weighted by Gasteiger charge is 2.10. The number of hydrogen-bond donors (Lipinski definition) is 1. The van der Waals surface area contributed by atoms with Gasteiger partial charge in [-0.25, -0.2) is 0 Å². The largest absolute Gasteiger partial charge is 0.310 e. The molecule has 1 aromatic rings. The lowest BCUT2D eigenvalue weighted by Crippen LogP contribution is -2.20. The normalized spacial score (nSPS) is 12.8. The van der Waals surface area contributed by atoms with Crippen LogP contribution in [-0.2, 0) is 0 Å². The Hall–Kier alpha value is -0.820. The second kappa shape index (κ2) is 10.8. The molecule has 0 aromatic heterocycles. The van der Waals surface area contributed by atoms with E-state index in [4.69, 9.17) is 0 Å². The van der Waals surface area contributed by atoms with Gasteiger partial charge in [0.1, 0.15) is 0 Å². The van der Waals surface area contributed by atoms with Gasteiger partial charge in [0.05, 0.1) is 0 Å². The minimum absolute atomic E-state index is 0.530. The molecule has 1 rings (SSSR count). The summed E-state index contributed by atoms with van der Waals surface area (Å²) in [5, 5.41) is 3.65. The van der Waals surface area contributed by atoms with E-state index >= 15 is 0 Å². The van der Waals surface area contributed by atoms with Crippen molar-refractivity contribution >= 4 is 0 Å². The fourth-order valence-electron chi connectivity index (χ4n) is 2.87. The maximum Gasteiger partial charge on any atom is 0.0320 e. The van der Waals surface area contributed by atoms with Crippen molar-refractivity contribution < 1.29 is 0 Å². The Bertz CT molecular complexity index is 353. The smallest absolute Gasteiger partial charge is 0.0320 e. The molecule has 0 heterocycles. The van der Waals surface area contributed by atoms with Crippen molar-refractivity contribution in [1.82, 2.24) is 5.32 Å². The van der Waals surface area contributed by atoms with Gasteiger partial charge < -0.3 is 5.32 Å². The Balaban J connectivity index is 2.44. The molecule has 0 aliphatic carbocycles. The average Bonchev–Trinajstić information content (AvgIpc) is 2.49. The molecular weight excluding hydrogens is 254 g/mol. The standard InChI is InChI=1S/C20H35N/c1-5-7-8-9-10-11-12-20(21-6-2)19-15-13-18(14-16-19)17(3)4/h13-17,20-21H,5-12H2,1-4H3. The van der Waals surface area contributed by atoms with E-state index in [1.807, 2.05) is 0 Å². The van der Waals surface area contributed by atoms with Gasteiger partial charge in [0, 0.05) is 6.04 Å². The lowest BCUT2D eigenvalue weighted by atomic mass is 9.96. The number of rotatable bonds is 11. The Labute approximate surface area is 132 Å². The van der Waals surface area contributed by atoms with E-state index in [-0.39, 0.29) is 0 Å². The van der Waals surface area contributed by atoms with E-state index in [9.17, 15) is 0 Å². The third-order valence-electron chi connectivity index (χ3n) is 4.30. The highest BCUT2D eigenvalue weighted by molar-refractivity contribution is 5.26. The van der Waals surface area contributed by atoms with Crippen LogP contribution >= 0.6 is 0 Å². The van der Waals surface area contributed by atoms with Crippen molar-refractivity contribution in [2.45, 2.75) is 84.6 Å². The van der Waals surface area contributed by atoms with E-state index in [2.05, 4.69) is 57.3 Å². The monoisotopic (exact) mass is 289 g/mol. The number of unbranched alkanes of at least 4 members (excludes halogenated alkanes) is 5. The minimum atomic E-state index is 0.530. The first-order chi connectivity index (χ1) is 10.2. The van der Waals surface area contributed by atoms with Gasteiger partial charge >= 0.3 is 0 Å². The molecular formula is C20H35N.